The van der Waals surface area contributed by atoms with E-state index in [1.807, 2.05) is 0 Å². The van der Waals surface area contributed by atoms with Gasteiger partial charge in [-0.1, -0.05) is 0 Å². The predicted molar refractivity (Wildman–Crippen MR) is 66.5 cm³/mol. The van der Waals surface area contributed by atoms with Crippen LogP contribution in [0.3, 0.4) is 0 Å². The van der Waals surface area contributed by atoms with E-state index in [1.54, 1.807) is 0 Å². The van der Waals surface area contributed by atoms with Crippen LogP contribution in [0.2, 0.25) is 0 Å². The Morgan fingerprint density at radius 3 is 2.31 bits per heavy atom. The minimum atomic E-state index is -0.122. The van der Waals surface area contributed by atoms with E-state index in [0.717, 1.165) is 5.92 Å². The molecule has 1 heterocycles. The molecule has 0 amide bonds. The maximum absolute atomic E-state index is 9.23. The van der Waals surface area contributed by atoms with Crippen molar-refractivity contribution in [1.82, 2.24) is 10.2 Å². The van der Waals surface area contributed by atoms with Gasteiger partial charge in [-0.15, -0.1) is 0 Å². The third-order valence-electron chi connectivity index (χ3n) is 3.79. The highest BCUT2D eigenvalue weighted by atomic mass is 16.3. The summed E-state index contributed by atoms with van der Waals surface area (Å²) >= 11 is 0. The summed E-state index contributed by atoms with van der Waals surface area (Å²) in [5, 5.41) is 12.8. The van der Waals surface area contributed by atoms with Crippen molar-refractivity contribution in [3.8, 4) is 0 Å². The van der Waals surface area contributed by atoms with Gasteiger partial charge in [0.05, 0.1) is 6.61 Å². The lowest BCUT2D eigenvalue weighted by Gasteiger charge is -2.37. The topological polar surface area (TPSA) is 35.5 Å². The van der Waals surface area contributed by atoms with Gasteiger partial charge in [0, 0.05) is 18.1 Å². The molecular formula is C13H26N2O. The van der Waals surface area contributed by atoms with Gasteiger partial charge in [-0.2, -0.15) is 0 Å². The highest BCUT2D eigenvalue weighted by molar-refractivity contribution is 4.87. The van der Waals surface area contributed by atoms with Crippen LogP contribution < -0.4 is 5.32 Å². The predicted octanol–water partition coefficient (Wildman–Crippen LogP) is 1.22. The molecule has 2 rings (SSSR count). The van der Waals surface area contributed by atoms with Gasteiger partial charge in [0.2, 0.25) is 0 Å². The number of nitrogens with one attached hydrogen (secondary N) is 1. The zero-order chi connectivity index (χ0) is 11.6. The molecule has 0 aromatic heterocycles. The average Bonchev–Trinajstić information content (AvgIpc) is 3.05. The molecule has 0 aromatic rings. The molecule has 0 aromatic carbocycles. The summed E-state index contributed by atoms with van der Waals surface area (Å²) in [4.78, 5) is 2.61. The molecule has 2 aliphatic rings. The summed E-state index contributed by atoms with van der Waals surface area (Å²) < 4.78 is 0. The minimum Gasteiger partial charge on any atom is -0.394 e. The molecule has 16 heavy (non-hydrogen) atoms. The Morgan fingerprint density at radius 1 is 1.19 bits per heavy atom. The highest BCUT2D eigenvalue weighted by Crippen LogP contribution is 2.30. The van der Waals surface area contributed by atoms with Crippen LogP contribution >= 0.6 is 0 Å². The van der Waals surface area contributed by atoms with Crippen molar-refractivity contribution in [2.24, 2.45) is 5.92 Å². The summed E-state index contributed by atoms with van der Waals surface area (Å²) in [7, 11) is 0. The van der Waals surface area contributed by atoms with E-state index in [9.17, 15) is 5.11 Å². The molecule has 0 radical (unpaired) electrons. The molecule has 2 N–H and O–H groups in total. The molecule has 3 nitrogen and oxygen atoms in total. The molecule has 1 saturated heterocycles. The van der Waals surface area contributed by atoms with E-state index in [0.29, 0.717) is 6.04 Å². The van der Waals surface area contributed by atoms with E-state index in [2.05, 4.69) is 24.1 Å². The molecule has 0 bridgehead atoms. The number of aliphatic hydroxyl groups is 1. The Kier molecular flexibility index (Phi) is 3.88. The van der Waals surface area contributed by atoms with Crippen LogP contribution in [0, 0.1) is 5.92 Å². The fraction of sp³-hybridized carbons (Fsp3) is 1.00. The van der Waals surface area contributed by atoms with Crippen LogP contribution in [-0.2, 0) is 0 Å². The first-order chi connectivity index (χ1) is 7.59. The lowest BCUT2D eigenvalue weighted by atomic mass is 9.99. The smallest absolute Gasteiger partial charge is 0.0607 e. The number of nitrogens with zero attached hydrogens (tertiary/aromatic N) is 1. The third-order valence-corrected chi connectivity index (χ3v) is 3.79. The number of hydrogen-bond acceptors (Lipinski definition) is 3. The van der Waals surface area contributed by atoms with Gasteiger partial charge in [0.15, 0.2) is 0 Å². The van der Waals surface area contributed by atoms with Crippen molar-refractivity contribution in [3.05, 3.63) is 0 Å². The van der Waals surface area contributed by atoms with Gasteiger partial charge in [0.1, 0.15) is 0 Å². The van der Waals surface area contributed by atoms with Crippen LogP contribution in [-0.4, -0.2) is 47.8 Å². The van der Waals surface area contributed by atoms with Gasteiger partial charge in [0.25, 0.3) is 0 Å². The molecule has 94 valence electrons. The van der Waals surface area contributed by atoms with Crippen molar-refractivity contribution < 1.29 is 5.11 Å². The summed E-state index contributed by atoms with van der Waals surface area (Å²) in [6, 6.07) is 0.595. The molecule has 0 spiro atoms. The quantitative estimate of drug-likeness (QED) is 0.740. The molecular weight excluding hydrogens is 200 g/mol. The van der Waals surface area contributed by atoms with Crippen LogP contribution in [0.15, 0.2) is 0 Å². The minimum absolute atomic E-state index is 0.122. The number of rotatable bonds is 5. The standard InChI is InChI=1S/C13H26N2O/c1-13(2,10-16)14-12-5-7-15(8-6-12)9-11-3-4-11/h11-12,14,16H,3-10H2,1-2H3. The van der Waals surface area contributed by atoms with Crippen molar-refractivity contribution in [2.45, 2.75) is 51.1 Å². The van der Waals surface area contributed by atoms with E-state index in [1.165, 1.54) is 45.3 Å². The fourth-order valence-corrected chi connectivity index (χ4v) is 2.52. The summed E-state index contributed by atoms with van der Waals surface area (Å²) in [6.07, 6.45) is 5.37. The van der Waals surface area contributed by atoms with Crippen LogP contribution in [0.1, 0.15) is 39.5 Å². The van der Waals surface area contributed by atoms with Crippen LogP contribution in [0.5, 0.6) is 0 Å². The molecule has 2 fully saturated rings. The van der Waals surface area contributed by atoms with E-state index >= 15 is 0 Å². The van der Waals surface area contributed by atoms with E-state index in [-0.39, 0.29) is 12.1 Å². The van der Waals surface area contributed by atoms with Gasteiger partial charge < -0.3 is 15.3 Å². The lowest BCUT2D eigenvalue weighted by molar-refractivity contribution is 0.137. The molecule has 1 saturated carbocycles. The number of aliphatic hydroxyl groups excluding tert-OH is 1. The normalized spacial score (nSPS) is 24.9. The van der Waals surface area contributed by atoms with E-state index < -0.39 is 0 Å². The number of likely N-dealkylation sites (tertiary alicyclic amines) is 1. The maximum Gasteiger partial charge on any atom is 0.0607 e. The largest absolute Gasteiger partial charge is 0.394 e. The first kappa shape index (κ1) is 12.3. The Morgan fingerprint density at radius 2 is 1.81 bits per heavy atom. The van der Waals surface area contributed by atoms with Gasteiger partial charge in [-0.05, 0) is 58.5 Å². The fourth-order valence-electron chi connectivity index (χ4n) is 2.52. The second-order valence-electron chi connectivity index (χ2n) is 6.20. The van der Waals surface area contributed by atoms with Crippen LogP contribution in [0.4, 0.5) is 0 Å². The number of piperidine rings is 1. The third kappa shape index (κ3) is 3.72. The SMILES string of the molecule is CC(C)(CO)NC1CCN(CC2CC2)CC1. The summed E-state index contributed by atoms with van der Waals surface area (Å²) in [6.45, 7) is 8.16. The lowest BCUT2D eigenvalue weighted by Crippen LogP contribution is -2.52. The molecule has 3 heteroatoms. The highest BCUT2D eigenvalue weighted by Gasteiger charge is 2.28. The van der Waals surface area contributed by atoms with Crippen molar-refractivity contribution in [2.75, 3.05) is 26.2 Å². The molecule has 1 aliphatic carbocycles. The maximum atomic E-state index is 9.23. The second-order valence-corrected chi connectivity index (χ2v) is 6.20. The zero-order valence-electron chi connectivity index (χ0n) is 10.7. The first-order valence-corrected chi connectivity index (χ1v) is 6.70. The first-order valence-electron chi connectivity index (χ1n) is 6.70. The van der Waals surface area contributed by atoms with Gasteiger partial charge in [-0.25, -0.2) is 0 Å². The number of hydrogen-bond donors (Lipinski definition) is 2. The second kappa shape index (κ2) is 5.03. The summed E-state index contributed by atoms with van der Waals surface area (Å²) in [5.41, 5.74) is -0.122. The zero-order valence-corrected chi connectivity index (χ0v) is 10.7. The Labute approximate surface area is 99.2 Å². The Bertz CT molecular complexity index is 218. The summed E-state index contributed by atoms with van der Waals surface area (Å²) in [5.74, 6) is 1.01. The average molecular weight is 226 g/mol. The van der Waals surface area contributed by atoms with Gasteiger partial charge >= 0.3 is 0 Å². The molecule has 0 unspecified atom stereocenters. The Hall–Kier alpha value is -0.120. The van der Waals surface area contributed by atoms with Crippen LogP contribution in [0.25, 0.3) is 0 Å². The van der Waals surface area contributed by atoms with Gasteiger partial charge in [-0.3, -0.25) is 0 Å². The Balaban J connectivity index is 1.67. The molecule has 1 aliphatic heterocycles. The molecule has 0 atom stereocenters. The van der Waals surface area contributed by atoms with Crippen molar-refractivity contribution in [3.63, 3.8) is 0 Å². The van der Waals surface area contributed by atoms with Crippen molar-refractivity contribution >= 4 is 0 Å². The van der Waals surface area contributed by atoms with E-state index in [4.69, 9.17) is 0 Å². The van der Waals surface area contributed by atoms with Crippen molar-refractivity contribution in [1.29, 1.82) is 0 Å². The monoisotopic (exact) mass is 226 g/mol.